The number of carbonyl (C=O) groups excluding carboxylic acids is 1. The van der Waals surface area contributed by atoms with Gasteiger partial charge >= 0.3 is 0 Å². The first kappa shape index (κ1) is 22.8. The summed E-state index contributed by atoms with van der Waals surface area (Å²) in [6.45, 7) is 4.96. The molecule has 1 aliphatic rings. The third kappa shape index (κ3) is 5.91. The molecule has 0 aromatic carbocycles. The van der Waals surface area contributed by atoms with E-state index in [1.54, 1.807) is 17.5 Å². The summed E-state index contributed by atoms with van der Waals surface area (Å²) < 4.78 is 0. The fourth-order valence-electron chi connectivity index (χ4n) is 3.12. The van der Waals surface area contributed by atoms with Crippen LogP contribution in [0.15, 0.2) is 29.8 Å². The van der Waals surface area contributed by atoms with Crippen LogP contribution >= 0.6 is 36.2 Å². The van der Waals surface area contributed by atoms with E-state index in [0.717, 1.165) is 55.3 Å². The smallest absolute Gasteiger partial charge is 0.228 e. The summed E-state index contributed by atoms with van der Waals surface area (Å²) in [6.07, 6.45) is 5.23. The number of amides is 1. The van der Waals surface area contributed by atoms with Gasteiger partial charge in [0.2, 0.25) is 5.91 Å². The maximum Gasteiger partial charge on any atom is 0.228 e. The summed E-state index contributed by atoms with van der Waals surface area (Å²) in [5.41, 5.74) is 1.71. The second kappa shape index (κ2) is 11.5. The first-order valence-corrected chi connectivity index (χ1v) is 9.52. The van der Waals surface area contributed by atoms with Crippen molar-refractivity contribution in [2.24, 2.45) is 0 Å². The lowest BCUT2D eigenvalue weighted by Gasteiger charge is -2.34. The number of rotatable bonds is 6. The van der Waals surface area contributed by atoms with Gasteiger partial charge in [-0.2, -0.15) is 0 Å². The summed E-state index contributed by atoms with van der Waals surface area (Å²) >= 11 is 1.55. The Morgan fingerprint density at radius 1 is 1.31 bits per heavy atom. The molecule has 0 unspecified atom stereocenters. The lowest BCUT2D eigenvalue weighted by molar-refractivity contribution is -0.133. The molecule has 0 atom stereocenters. The Morgan fingerprint density at radius 2 is 2.08 bits per heavy atom. The monoisotopic (exact) mass is 416 g/mol. The van der Waals surface area contributed by atoms with Crippen LogP contribution in [0, 0.1) is 0 Å². The molecular formula is C18H26Cl2N4OS. The summed E-state index contributed by atoms with van der Waals surface area (Å²) in [5.74, 6) is 0.196. The van der Waals surface area contributed by atoms with E-state index in [1.807, 2.05) is 23.6 Å². The van der Waals surface area contributed by atoms with Gasteiger partial charge in [-0.05, 0) is 44.5 Å². The Balaban J connectivity index is 0.00000169. The van der Waals surface area contributed by atoms with Crippen molar-refractivity contribution >= 4 is 42.1 Å². The zero-order chi connectivity index (χ0) is 16.8. The van der Waals surface area contributed by atoms with Crippen molar-refractivity contribution in [3.8, 4) is 10.7 Å². The Morgan fingerprint density at radius 3 is 2.73 bits per heavy atom. The van der Waals surface area contributed by atoms with Crippen LogP contribution in [0.1, 0.15) is 31.9 Å². The van der Waals surface area contributed by atoms with Crippen LogP contribution in [-0.4, -0.2) is 46.5 Å². The number of pyridine rings is 1. The minimum absolute atomic E-state index is 0. The van der Waals surface area contributed by atoms with Gasteiger partial charge in [-0.25, -0.2) is 4.98 Å². The molecule has 0 aliphatic carbocycles. The number of halogens is 2. The molecule has 1 aliphatic heterocycles. The van der Waals surface area contributed by atoms with Crippen LogP contribution in [-0.2, 0) is 11.2 Å². The molecule has 1 saturated heterocycles. The minimum Gasteiger partial charge on any atom is -0.339 e. The Labute approximate surface area is 171 Å². The van der Waals surface area contributed by atoms with Gasteiger partial charge in [0.25, 0.3) is 0 Å². The Kier molecular flexibility index (Phi) is 10.1. The van der Waals surface area contributed by atoms with Gasteiger partial charge < -0.3 is 10.2 Å². The van der Waals surface area contributed by atoms with E-state index in [1.165, 1.54) is 0 Å². The summed E-state index contributed by atoms with van der Waals surface area (Å²) in [7, 11) is 0. The number of hydrogen-bond donors (Lipinski definition) is 1. The van der Waals surface area contributed by atoms with Crippen molar-refractivity contribution in [3.63, 3.8) is 0 Å². The predicted octanol–water partition coefficient (Wildman–Crippen LogP) is 3.58. The SMILES string of the molecule is CCCN(C(=O)Cc1csc(-c2ccccn2)n1)C1CCNCC1.Cl.Cl. The summed E-state index contributed by atoms with van der Waals surface area (Å²) in [4.78, 5) is 23.8. The third-order valence-electron chi connectivity index (χ3n) is 4.30. The van der Waals surface area contributed by atoms with Gasteiger partial charge in [0.1, 0.15) is 5.01 Å². The van der Waals surface area contributed by atoms with E-state index in [2.05, 4.69) is 27.1 Å². The maximum atomic E-state index is 12.8. The number of piperidine rings is 1. The zero-order valence-electron chi connectivity index (χ0n) is 14.9. The molecule has 0 spiro atoms. The highest BCUT2D eigenvalue weighted by molar-refractivity contribution is 7.13. The van der Waals surface area contributed by atoms with Gasteiger partial charge in [-0.3, -0.25) is 9.78 Å². The van der Waals surface area contributed by atoms with E-state index in [-0.39, 0.29) is 30.7 Å². The van der Waals surface area contributed by atoms with Crippen molar-refractivity contribution in [3.05, 3.63) is 35.5 Å². The number of hydrogen-bond acceptors (Lipinski definition) is 5. The van der Waals surface area contributed by atoms with Crippen LogP contribution in [0.25, 0.3) is 10.7 Å². The van der Waals surface area contributed by atoms with Crippen molar-refractivity contribution in [1.29, 1.82) is 0 Å². The molecule has 5 nitrogen and oxygen atoms in total. The Bertz CT molecular complexity index is 662. The fraction of sp³-hybridized carbons (Fsp3) is 0.500. The van der Waals surface area contributed by atoms with Gasteiger partial charge in [-0.15, -0.1) is 36.2 Å². The Hall–Kier alpha value is -1.21. The second-order valence-corrected chi connectivity index (χ2v) is 6.96. The quantitative estimate of drug-likeness (QED) is 0.781. The van der Waals surface area contributed by atoms with Gasteiger partial charge in [0, 0.05) is 24.2 Å². The molecule has 3 rings (SSSR count). The van der Waals surface area contributed by atoms with E-state index >= 15 is 0 Å². The predicted molar refractivity (Wildman–Crippen MR) is 111 cm³/mol. The van der Waals surface area contributed by atoms with Gasteiger partial charge in [0.15, 0.2) is 0 Å². The minimum atomic E-state index is 0. The molecule has 1 amide bonds. The highest BCUT2D eigenvalue weighted by atomic mass is 35.5. The lowest BCUT2D eigenvalue weighted by atomic mass is 10.0. The van der Waals surface area contributed by atoms with Gasteiger partial charge in [0.05, 0.1) is 17.8 Å². The molecule has 144 valence electrons. The average Bonchev–Trinajstić information content (AvgIpc) is 3.09. The second-order valence-electron chi connectivity index (χ2n) is 6.10. The number of carbonyl (C=O) groups is 1. The lowest BCUT2D eigenvalue weighted by Crippen LogP contribution is -2.47. The number of aromatic nitrogens is 2. The molecule has 1 N–H and O–H groups in total. The summed E-state index contributed by atoms with van der Waals surface area (Å²) in [6, 6.07) is 6.16. The van der Waals surface area contributed by atoms with Crippen molar-refractivity contribution in [2.75, 3.05) is 19.6 Å². The highest BCUT2D eigenvalue weighted by Gasteiger charge is 2.25. The van der Waals surface area contributed by atoms with Crippen LogP contribution in [0.3, 0.4) is 0 Å². The van der Waals surface area contributed by atoms with Crippen molar-refractivity contribution < 1.29 is 4.79 Å². The van der Waals surface area contributed by atoms with Crippen molar-refractivity contribution in [2.45, 2.75) is 38.6 Å². The molecule has 2 aromatic rings. The molecule has 8 heteroatoms. The molecule has 2 aromatic heterocycles. The fourth-order valence-corrected chi connectivity index (χ4v) is 3.92. The number of nitrogens with zero attached hydrogens (tertiary/aromatic N) is 3. The zero-order valence-corrected chi connectivity index (χ0v) is 17.3. The normalized spacial score (nSPS) is 14.2. The van der Waals surface area contributed by atoms with Crippen LogP contribution in [0.2, 0.25) is 0 Å². The standard InChI is InChI=1S/C18H24N4OS.2ClH/c1-2-11-22(15-6-9-19-10-7-15)17(23)12-14-13-24-18(21-14)16-5-3-4-8-20-16;;/h3-5,8,13,15,19H,2,6-7,9-12H2,1H3;2*1H. The number of nitrogens with one attached hydrogen (secondary N) is 1. The van der Waals surface area contributed by atoms with Crippen LogP contribution in [0.5, 0.6) is 0 Å². The summed E-state index contributed by atoms with van der Waals surface area (Å²) in [5, 5.41) is 6.22. The van der Waals surface area contributed by atoms with Crippen LogP contribution in [0.4, 0.5) is 0 Å². The van der Waals surface area contributed by atoms with Gasteiger partial charge in [-0.1, -0.05) is 13.0 Å². The molecule has 26 heavy (non-hydrogen) atoms. The molecule has 1 fully saturated rings. The van der Waals surface area contributed by atoms with E-state index in [4.69, 9.17) is 0 Å². The molecule has 0 bridgehead atoms. The first-order valence-electron chi connectivity index (χ1n) is 8.64. The third-order valence-corrected chi connectivity index (χ3v) is 5.22. The van der Waals surface area contributed by atoms with E-state index < -0.39 is 0 Å². The average molecular weight is 417 g/mol. The largest absolute Gasteiger partial charge is 0.339 e. The van der Waals surface area contributed by atoms with E-state index in [9.17, 15) is 4.79 Å². The van der Waals surface area contributed by atoms with Crippen LogP contribution < -0.4 is 5.32 Å². The van der Waals surface area contributed by atoms with Crippen molar-refractivity contribution in [1.82, 2.24) is 20.2 Å². The molecular weight excluding hydrogens is 391 g/mol. The molecule has 3 heterocycles. The first-order chi connectivity index (χ1) is 11.8. The molecule has 0 radical (unpaired) electrons. The highest BCUT2D eigenvalue weighted by Crippen LogP contribution is 2.22. The maximum absolute atomic E-state index is 12.8. The topological polar surface area (TPSA) is 58.1 Å². The van der Waals surface area contributed by atoms with E-state index in [0.29, 0.717) is 12.5 Å². The molecule has 0 saturated carbocycles. The number of thiazole rings is 1.